The Morgan fingerprint density at radius 2 is 2.17 bits per heavy atom. The van der Waals surface area contributed by atoms with E-state index in [9.17, 15) is 4.79 Å². The highest BCUT2D eigenvalue weighted by atomic mass is 32.1. The van der Waals surface area contributed by atoms with Crippen LogP contribution in [0.4, 0.5) is 0 Å². The van der Waals surface area contributed by atoms with Crippen LogP contribution in [0, 0.1) is 6.92 Å². The van der Waals surface area contributed by atoms with Crippen LogP contribution in [0.15, 0.2) is 41.8 Å². The standard InChI is InChI=1S/C18H18N2O2S/c1-12-16(18(21)19-8-7-15-4-3-9-23-15)11-13-10-14(22-2)5-6-17(13)20-12/h3-6,9-11H,7-8H2,1-2H3,(H,19,21). The van der Waals surface area contributed by atoms with Crippen molar-refractivity contribution in [2.75, 3.05) is 13.7 Å². The Bertz CT molecular complexity index is 828. The Hall–Kier alpha value is -2.40. The third kappa shape index (κ3) is 3.51. The number of carbonyl (C=O) groups is 1. The van der Waals surface area contributed by atoms with Crippen molar-refractivity contribution in [3.05, 3.63) is 57.9 Å². The lowest BCUT2D eigenvalue weighted by Crippen LogP contribution is -2.26. The number of aromatic nitrogens is 1. The van der Waals surface area contributed by atoms with Gasteiger partial charge in [-0.05, 0) is 49.1 Å². The van der Waals surface area contributed by atoms with Gasteiger partial charge in [0.2, 0.25) is 0 Å². The Morgan fingerprint density at radius 1 is 1.30 bits per heavy atom. The van der Waals surface area contributed by atoms with Crippen molar-refractivity contribution in [1.82, 2.24) is 10.3 Å². The van der Waals surface area contributed by atoms with E-state index in [0.29, 0.717) is 12.1 Å². The summed E-state index contributed by atoms with van der Waals surface area (Å²) in [6.45, 7) is 2.48. The maximum absolute atomic E-state index is 12.4. The van der Waals surface area contributed by atoms with Gasteiger partial charge in [-0.3, -0.25) is 9.78 Å². The molecule has 0 bridgehead atoms. The lowest BCUT2D eigenvalue weighted by Gasteiger charge is -2.09. The van der Waals surface area contributed by atoms with Crippen LogP contribution in [0.2, 0.25) is 0 Å². The lowest BCUT2D eigenvalue weighted by atomic mass is 10.1. The molecule has 3 aromatic rings. The van der Waals surface area contributed by atoms with Crippen LogP contribution in [0.3, 0.4) is 0 Å². The summed E-state index contributed by atoms with van der Waals surface area (Å²) in [5.41, 5.74) is 2.20. The Balaban J connectivity index is 1.77. The number of methoxy groups -OCH3 is 1. The van der Waals surface area contributed by atoms with Gasteiger partial charge in [-0.15, -0.1) is 11.3 Å². The van der Waals surface area contributed by atoms with E-state index in [1.165, 1.54) is 4.88 Å². The Labute approximate surface area is 139 Å². The fraction of sp³-hybridized carbons (Fsp3) is 0.222. The predicted octanol–water partition coefficient (Wildman–Crippen LogP) is 3.59. The number of carbonyl (C=O) groups excluding carboxylic acids is 1. The van der Waals surface area contributed by atoms with Crippen LogP contribution in [0.25, 0.3) is 10.9 Å². The molecule has 5 heteroatoms. The number of hydrogen-bond donors (Lipinski definition) is 1. The second-order valence-corrected chi connectivity index (χ2v) is 6.30. The van der Waals surface area contributed by atoms with E-state index in [1.807, 2.05) is 42.6 Å². The molecule has 4 nitrogen and oxygen atoms in total. The van der Waals surface area contributed by atoms with E-state index in [-0.39, 0.29) is 5.91 Å². The minimum Gasteiger partial charge on any atom is -0.497 e. The van der Waals surface area contributed by atoms with E-state index in [2.05, 4.69) is 16.4 Å². The molecule has 2 aromatic heterocycles. The molecular weight excluding hydrogens is 308 g/mol. The predicted molar refractivity (Wildman–Crippen MR) is 93.4 cm³/mol. The zero-order chi connectivity index (χ0) is 16.2. The van der Waals surface area contributed by atoms with Crippen LogP contribution in [0.1, 0.15) is 20.9 Å². The number of nitrogens with one attached hydrogen (secondary N) is 1. The van der Waals surface area contributed by atoms with Crippen molar-refractivity contribution in [1.29, 1.82) is 0 Å². The smallest absolute Gasteiger partial charge is 0.253 e. The number of fused-ring (bicyclic) bond motifs is 1. The van der Waals surface area contributed by atoms with Crippen molar-refractivity contribution in [2.24, 2.45) is 0 Å². The highest BCUT2D eigenvalue weighted by Crippen LogP contribution is 2.22. The van der Waals surface area contributed by atoms with Crippen LogP contribution in [0.5, 0.6) is 5.75 Å². The van der Waals surface area contributed by atoms with Crippen LogP contribution >= 0.6 is 11.3 Å². The monoisotopic (exact) mass is 326 g/mol. The molecule has 23 heavy (non-hydrogen) atoms. The summed E-state index contributed by atoms with van der Waals surface area (Å²) in [7, 11) is 1.63. The summed E-state index contributed by atoms with van der Waals surface area (Å²) in [5.74, 6) is 0.670. The van der Waals surface area contributed by atoms with Crippen molar-refractivity contribution < 1.29 is 9.53 Å². The number of hydrogen-bond acceptors (Lipinski definition) is 4. The SMILES string of the molecule is COc1ccc2nc(C)c(C(=O)NCCc3cccs3)cc2c1. The molecule has 1 amide bonds. The first kappa shape index (κ1) is 15.5. The molecule has 0 aliphatic heterocycles. The van der Waals surface area contributed by atoms with Gasteiger partial charge in [0.1, 0.15) is 5.75 Å². The van der Waals surface area contributed by atoms with E-state index >= 15 is 0 Å². The van der Waals surface area contributed by atoms with Gasteiger partial charge in [-0.2, -0.15) is 0 Å². The van der Waals surface area contributed by atoms with Gasteiger partial charge >= 0.3 is 0 Å². The number of benzene rings is 1. The fourth-order valence-electron chi connectivity index (χ4n) is 2.46. The molecule has 0 saturated heterocycles. The third-order valence-electron chi connectivity index (χ3n) is 3.69. The number of aryl methyl sites for hydroxylation is 1. The average molecular weight is 326 g/mol. The van der Waals surface area contributed by atoms with Gasteiger partial charge in [0.15, 0.2) is 0 Å². The molecule has 1 N–H and O–H groups in total. The number of amides is 1. The van der Waals surface area contributed by atoms with Crippen LogP contribution in [-0.4, -0.2) is 24.5 Å². The van der Waals surface area contributed by atoms with Crippen molar-refractivity contribution >= 4 is 28.1 Å². The van der Waals surface area contributed by atoms with Gasteiger partial charge in [0.25, 0.3) is 5.91 Å². The molecule has 2 heterocycles. The van der Waals surface area contributed by atoms with Crippen molar-refractivity contribution in [3.8, 4) is 5.75 Å². The number of rotatable bonds is 5. The highest BCUT2D eigenvalue weighted by Gasteiger charge is 2.12. The Kier molecular flexibility index (Phi) is 4.57. The second kappa shape index (κ2) is 6.79. The quantitative estimate of drug-likeness (QED) is 0.779. The zero-order valence-corrected chi connectivity index (χ0v) is 13.9. The molecule has 0 aliphatic rings. The van der Waals surface area contributed by atoms with Crippen molar-refractivity contribution in [3.63, 3.8) is 0 Å². The number of thiophene rings is 1. The largest absolute Gasteiger partial charge is 0.497 e. The second-order valence-electron chi connectivity index (χ2n) is 5.27. The summed E-state index contributed by atoms with van der Waals surface area (Å²) in [6.07, 6.45) is 0.845. The summed E-state index contributed by atoms with van der Waals surface area (Å²) >= 11 is 1.70. The summed E-state index contributed by atoms with van der Waals surface area (Å²) in [6, 6.07) is 11.6. The molecule has 0 spiro atoms. The lowest BCUT2D eigenvalue weighted by molar-refractivity contribution is 0.0953. The summed E-state index contributed by atoms with van der Waals surface area (Å²) in [5, 5.41) is 5.91. The average Bonchev–Trinajstić information content (AvgIpc) is 3.07. The van der Waals surface area contributed by atoms with Gasteiger partial charge in [-0.1, -0.05) is 6.07 Å². The van der Waals surface area contributed by atoms with E-state index < -0.39 is 0 Å². The van der Waals surface area contributed by atoms with Crippen molar-refractivity contribution in [2.45, 2.75) is 13.3 Å². The molecule has 0 saturated carbocycles. The molecule has 0 aliphatic carbocycles. The molecule has 0 atom stereocenters. The first-order valence-corrected chi connectivity index (χ1v) is 8.31. The molecule has 1 aromatic carbocycles. The first-order chi connectivity index (χ1) is 11.2. The minimum absolute atomic E-state index is 0.0868. The first-order valence-electron chi connectivity index (χ1n) is 7.43. The van der Waals surface area contributed by atoms with E-state index in [4.69, 9.17) is 4.74 Å². The Morgan fingerprint density at radius 3 is 2.91 bits per heavy atom. The number of nitrogens with zero attached hydrogens (tertiary/aromatic N) is 1. The highest BCUT2D eigenvalue weighted by molar-refractivity contribution is 7.09. The third-order valence-corrected chi connectivity index (χ3v) is 4.63. The van der Waals surface area contributed by atoms with Gasteiger partial charge in [0, 0.05) is 16.8 Å². The molecule has 3 rings (SSSR count). The van der Waals surface area contributed by atoms with E-state index in [1.54, 1.807) is 18.4 Å². The number of pyridine rings is 1. The normalized spacial score (nSPS) is 10.7. The van der Waals surface area contributed by atoms with Crippen LogP contribution in [-0.2, 0) is 6.42 Å². The molecular formula is C18H18N2O2S. The van der Waals surface area contributed by atoms with E-state index in [0.717, 1.165) is 28.8 Å². The number of ether oxygens (including phenoxy) is 1. The molecule has 0 radical (unpaired) electrons. The zero-order valence-electron chi connectivity index (χ0n) is 13.1. The molecule has 0 fully saturated rings. The maximum Gasteiger partial charge on any atom is 0.253 e. The maximum atomic E-state index is 12.4. The fourth-order valence-corrected chi connectivity index (χ4v) is 3.17. The summed E-state index contributed by atoms with van der Waals surface area (Å²) < 4.78 is 5.23. The summed E-state index contributed by atoms with van der Waals surface area (Å²) in [4.78, 5) is 18.2. The van der Waals surface area contributed by atoms with Gasteiger partial charge in [0.05, 0.1) is 23.9 Å². The van der Waals surface area contributed by atoms with Gasteiger partial charge in [-0.25, -0.2) is 0 Å². The molecule has 118 valence electrons. The minimum atomic E-state index is -0.0868. The van der Waals surface area contributed by atoms with Gasteiger partial charge < -0.3 is 10.1 Å². The molecule has 0 unspecified atom stereocenters. The topological polar surface area (TPSA) is 51.2 Å². The van der Waals surface area contributed by atoms with Crippen LogP contribution < -0.4 is 10.1 Å².